The standard InChI is InChI=1S/C9H15IO3/c1-2-13-9(11)5-8-12-7-4-3-6-10/h3-4H,2,5-8H2,1H3/b4-3-. The normalized spacial score (nSPS) is 10.6. The van der Waals surface area contributed by atoms with Crippen LogP contribution in [0.3, 0.4) is 0 Å². The smallest absolute Gasteiger partial charge is 0.308 e. The van der Waals surface area contributed by atoms with Crippen LogP contribution in [0.25, 0.3) is 0 Å². The average Bonchev–Trinajstić information content (AvgIpc) is 2.11. The van der Waals surface area contributed by atoms with Crippen LogP contribution in [-0.2, 0) is 14.3 Å². The van der Waals surface area contributed by atoms with Gasteiger partial charge in [0, 0.05) is 4.43 Å². The molecule has 3 nitrogen and oxygen atoms in total. The third-order valence-corrected chi connectivity index (χ3v) is 1.73. The maximum Gasteiger partial charge on any atom is 0.308 e. The van der Waals surface area contributed by atoms with Gasteiger partial charge in [0.2, 0.25) is 0 Å². The van der Waals surface area contributed by atoms with Crippen molar-refractivity contribution in [2.24, 2.45) is 0 Å². The number of halogens is 1. The molecule has 0 saturated carbocycles. The zero-order chi connectivity index (χ0) is 9.94. The lowest BCUT2D eigenvalue weighted by Crippen LogP contribution is -2.07. The summed E-state index contributed by atoms with van der Waals surface area (Å²) in [5, 5.41) is 0. The van der Waals surface area contributed by atoms with E-state index in [-0.39, 0.29) is 5.97 Å². The minimum atomic E-state index is -0.194. The summed E-state index contributed by atoms with van der Waals surface area (Å²) < 4.78 is 10.9. The van der Waals surface area contributed by atoms with Gasteiger partial charge in [-0.15, -0.1) is 0 Å². The van der Waals surface area contributed by atoms with E-state index in [1.54, 1.807) is 6.92 Å². The van der Waals surface area contributed by atoms with Crippen LogP contribution in [0.2, 0.25) is 0 Å². The van der Waals surface area contributed by atoms with Crippen LogP contribution >= 0.6 is 22.6 Å². The second-order valence-electron chi connectivity index (χ2n) is 2.26. The molecule has 0 aromatic rings. The van der Waals surface area contributed by atoms with Gasteiger partial charge in [-0.1, -0.05) is 34.7 Å². The Bertz CT molecular complexity index is 157. The lowest BCUT2D eigenvalue weighted by atomic mass is 10.4. The van der Waals surface area contributed by atoms with Gasteiger partial charge in [-0.25, -0.2) is 0 Å². The number of alkyl halides is 1. The van der Waals surface area contributed by atoms with E-state index in [4.69, 9.17) is 9.47 Å². The average molecular weight is 298 g/mol. The molecule has 0 radical (unpaired) electrons. The molecule has 0 unspecified atom stereocenters. The predicted molar refractivity (Wildman–Crippen MR) is 60.1 cm³/mol. The topological polar surface area (TPSA) is 35.5 Å². The molecule has 0 fully saturated rings. The summed E-state index contributed by atoms with van der Waals surface area (Å²) in [6, 6.07) is 0. The van der Waals surface area contributed by atoms with Gasteiger partial charge in [0.15, 0.2) is 0 Å². The Morgan fingerprint density at radius 3 is 2.85 bits per heavy atom. The minimum absolute atomic E-state index is 0.194. The van der Waals surface area contributed by atoms with E-state index in [0.717, 1.165) is 4.43 Å². The quantitative estimate of drug-likeness (QED) is 0.237. The van der Waals surface area contributed by atoms with Gasteiger partial charge in [0.1, 0.15) is 0 Å². The van der Waals surface area contributed by atoms with Gasteiger partial charge in [0.05, 0.1) is 26.2 Å². The van der Waals surface area contributed by atoms with Crippen molar-refractivity contribution < 1.29 is 14.3 Å². The van der Waals surface area contributed by atoms with Gasteiger partial charge in [-0.2, -0.15) is 0 Å². The van der Waals surface area contributed by atoms with Crippen molar-refractivity contribution in [3.05, 3.63) is 12.2 Å². The Kier molecular flexibility index (Phi) is 9.91. The Balaban J connectivity index is 3.15. The summed E-state index contributed by atoms with van der Waals surface area (Å²) in [7, 11) is 0. The second-order valence-corrected chi connectivity index (χ2v) is 3.14. The molecule has 0 rings (SSSR count). The zero-order valence-electron chi connectivity index (χ0n) is 7.79. The maximum absolute atomic E-state index is 10.8. The van der Waals surface area contributed by atoms with Crippen LogP contribution in [-0.4, -0.2) is 30.2 Å². The third-order valence-electron chi connectivity index (χ3n) is 1.23. The van der Waals surface area contributed by atoms with Crippen molar-refractivity contribution in [1.29, 1.82) is 0 Å². The highest BCUT2D eigenvalue weighted by Gasteiger charge is 1.99. The van der Waals surface area contributed by atoms with Gasteiger partial charge in [0.25, 0.3) is 0 Å². The predicted octanol–water partition coefficient (Wildman–Crippen LogP) is 1.95. The van der Waals surface area contributed by atoms with Crippen molar-refractivity contribution in [1.82, 2.24) is 0 Å². The van der Waals surface area contributed by atoms with Gasteiger partial charge in [-0.3, -0.25) is 4.79 Å². The molecular formula is C9H15IO3. The summed E-state index contributed by atoms with van der Waals surface area (Å²) in [5.41, 5.74) is 0. The molecule has 13 heavy (non-hydrogen) atoms. The van der Waals surface area contributed by atoms with Crippen LogP contribution in [0.1, 0.15) is 13.3 Å². The Hall–Kier alpha value is -0.100. The van der Waals surface area contributed by atoms with E-state index in [9.17, 15) is 4.79 Å². The van der Waals surface area contributed by atoms with Gasteiger partial charge in [-0.05, 0) is 6.92 Å². The van der Waals surface area contributed by atoms with Crippen LogP contribution < -0.4 is 0 Å². The first kappa shape index (κ1) is 12.9. The number of ether oxygens (including phenoxy) is 2. The second kappa shape index (κ2) is 9.98. The lowest BCUT2D eigenvalue weighted by Gasteiger charge is -2.01. The number of rotatable bonds is 7. The molecule has 0 aliphatic rings. The third kappa shape index (κ3) is 9.82. The molecule has 0 aliphatic heterocycles. The fraction of sp³-hybridized carbons (Fsp3) is 0.667. The Labute approximate surface area is 92.6 Å². The summed E-state index contributed by atoms with van der Waals surface area (Å²) in [6.45, 7) is 3.24. The van der Waals surface area contributed by atoms with Crippen molar-refractivity contribution >= 4 is 28.6 Å². The summed E-state index contributed by atoms with van der Waals surface area (Å²) in [6.07, 6.45) is 4.30. The number of allylic oxidation sites excluding steroid dienone is 1. The van der Waals surface area contributed by atoms with E-state index >= 15 is 0 Å². The van der Waals surface area contributed by atoms with Crippen molar-refractivity contribution in [3.63, 3.8) is 0 Å². The van der Waals surface area contributed by atoms with Gasteiger partial charge >= 0.3 is 5.97 Å². The molecule has 0 aliphatic carbocycles. The molecule has 76 valence electrons. The van der Waals surface area contributed by atoms with E-state index in [1.807, 2.05) is 12.2 Å². The summed E-state index contributed by atoms with van der Waals surface area (Å²) in [5.74, 6) is -0.194. The molecule has 0 atom stereocenters. The van der Waals surface area contributed by atoms with Crippen LogP contribution in [0, 0.1) is 0 Å². The largest absolute Gasteiger partial charge is 0.466 e. The Morgan fingerprint density at radius 1 is 1.46 bits per heavy atom. The zero-order valence-corrected chi connectivity index (χ0v) is 9.95. The molecule has 0 aromatic heterocycles. The maximum atomic E-state index is 10.8. The van der Waals surface area contributed by atoms with E-state index in [1.165, 1.54) is 0 Å². The summed E-state index contributed by atoms with van der Waals surface area (Å²) in [4.78, 5) is 10.8. The van der Waals surface area contributed by atoms with Crippen LogP contribution in [0.4, 0.5) is 0 Å². The SMILES string of the molecule is CCOC(=O)CCOC/C=C\CI. The highest BCUT2D eigenvalue weighted by atomic mass is 127. The van der Waals surface area contributed by atoms with Crippen molar-refractivity contribution in [3.8, 4) is 0 Å². The molecule has 0 bridgehead atoms. The fourth-order valence-electron chi connectivity index (χ4n) is 0.671. The highest BCUT2D eigenvalue weighted by Crippen LogP contribution is 1.89. The number of esters is 1. The van der Waals surface area contributed by atoms with E-state index in [0.29, 0.717) is 26.2 Å². The molecule has 0 heterocycles. The van der Waals surface area contributed by atoms with Crippen LogP contribution in [0.5, 0.6) is 0 Å². The minimum Gasteiger partial charge on any atom is -0.466 e. The first-order valence-corrected chi connectivity index (χ1v) is 5.78. The highest BCUT2D eigenvalue weighted by molar-refractivity contribution is 14.1. The van der Waals surface area contributed by atoms with Crippen molar-refractivity contribution in [2.75, 3.05) is 24.2 Å². The van der Waals surface area contributed by atoms with Gasteiger partial charge < -0.3 is 9.47 Å². The first-order chi connectivity index (χ1) is 6.31. The molecule has 0 spiro atoms. The fourth-order valence-corrected chi connectivity index (χ4v) is 1.03. The molecule has 0 saturated heterocycles. The first-order valence-electron chi connectivity index (χ1n) is 4.25. The number of hydrogen-bond acceptors (Lipinski definition) is 3. The molecule has 0 amide bonds. The van der Waals surface area contributed by atoms with Crippen molar-refractivity contribution in [2.45, 2.75) is 13.3 Å². The number of carbonyl (C=O) groups is 1. The Morgan fingerprint density at radius 2 is 2.23 bits per heavy atom. The van der Waals surface area contributed by atoms with E-state index in [2.05, 4.69) is 22.6 Å². The van der Waals surface area contributed by atoms with E-state index < -0.39 is 0 Å². The molecule has 4 heteroatoms. The number of hydrogen-bond donors (Lipinski definition) is 0. The molecule has 0 aromatic carbocycles. The number of carbonyl (C=O) groups excluding carboxylic acids is 1. The summed E-state index contributed by atoms with van der Waals surface area (Å²) >= 11 is 2.25. The van der Waals surface area contributed by atoms with Crippen LogP contribution in [0.15, 0.2) is 12.2 Å². The lowest BCUT2D eigenvalue weighted by molar-refractivity contribution is -0.144. The monoisotopic (exact) mass is 298 g/mol. The molecular weight excluding hydrogens is 283 g/mol. The molecule has 0 N–H and O–H groups in total.